The summed E-state index contributed by atoms with van der Waals surface area (Å²) in [4.78, 5) is 2.45. The van der Waals surface area contributed by atoms with Crippen LogP contribution in [-0.2, 0) is 6.54 Å². The fraction of sp³-hybridized carbons (Fsp3) is 0.263. The van der Waals surface area contributed by atoms with Gasteiger partial charge in [0, 0.05) is 17.1 Å². The maximum absolute atomic E-state index is 6.06. The van der Waals surface area contributed by atoms with Gasteiger partial charge in [0.1, 0.15) is 0 Å². The van der Waals surface area contributed by atoms with Gasteiger partial charge in [0.2, 0.25) is 0 Å². The van der Waals surface area contributed by atoms with Gasteiger partial charge in [-0.3, -0.25) is 4.90 Å². The van der Waals surface area contributed by atoms with Crippen molar-refractivity contribution in [1.29, 1.82) is 0 Å². The SMILES string of the molecule is Clc1cccc(CN2CCC[C@H]2C#Cc2ccccc2)c1. The molecule has 0 N–H and O–H groups in total. The zero-order valence-corrected chi connectivity index (χ0v) is 12.7. The summed E-state index contributed by atoms with van der Waals surface area (Å²) in [5.74, 6) is 6.72. The Labute approximate surface area is 131 Å². The van der Waals surface area contributed by atoms with Crippen LogP contribution in [0.15, 0.2) is 54.6 Å². The van der Waals surface area contributed by atoms with Crippen LogP contribution in [-0.4, -0.2) is 17.5 Å². The van der Waals surface area contributed by atoms with E-state index in [1.807, 2.05) is 36.4 Å². The van der Waals surface area contributed by atoms with Crippen molar-refractivity contribution in [3.8, 4) is 11.8 Å². The smallest absolute Gasteiger partial charge is 0.0721 e. The molecule has 21 heavy (non-hydrogen) atoms. The van der Waals surface area contributed by atoms with Crippen LogP contribution in [0.25, 0.3) is 0 Å². The number of nitrogens with zero attached hydrogens (tertiary/aromatic N) is 1. The average Bonchev–Trinajstić information content (AvgIpc) is 2.93. The summed E-state index contributed by atoms with van der Waals surface area (Å²) < 4.78 is 0. The highest BCUT2D eigenvalue weighted by Gasteiger charge is 2.22. The Morgan fingerprint density at radius 3 is 2.76 bits per heavy atom. The van der Waals surface area contributed by atoms with Crippen LogP contribution in [0.5, 0.6) is 0 Å². The van der Waals surface area contributed by atoms with Gasteiger partial charge in [-0.15, -0.1) is 0 Å². The molecule has 0 aromatic heterocycles. The normalized spacial score (nSPS) is 18.2. The number of hydrogen-bond donors (Lipinski definition) is 0. The lowest BCUT2D eigenvalue weighted by Gasteiger charge is -2.20. The average molecular weight is 296 g/mol. The van der Waals surface area contributed by atoms with Crippen LogP contribution in [0.2, 0.25) is 5.02 Å². The molecule has 1 aliphatic rings. The maximum Gasteiger partial charge on any atom is 0.0721 e. The predicted octanol–water partition coefficient (Wildman–Crippen LogP) is 4.36. The van der Waals surface area contributed by atoms with Crippen molar-refractivity contribution in [3.63, 3.8) is 0 Å². The van der Waals surface area contributed by atoms with Gasteiger partial charge in [0.15, 0.2) is 0 Å². The Bertz CT molecular complexity index is 654. The number of rotatable bonds is 2. The summed E-state index contributed by atoms with van der Waals surface area (Å²) in [7, 11) is 0. The van der Waals surface area contributed by atoms with Gasteiger partial charge in [-0.1, -0.05) is 53.8 Å². The van der Waals surface area contributed by atoms with E-state index in [0.717, 1.165) is 30.1 Å². The van der Waals surface area contributed by atoms with Gasteiger partial charge in [0.25, 0.3) is 0 Å². The van der Waals surface area contributed by atoms with E-state index < -0.39 is 0 Å². The number of likely N-dealkylation sites (tertiary alicyclic amines) is 1. The molecule has 2 heteroatoms. The molecule has 0 unspecified atom stereocenters. The summed E-state index contributed by atoms with van der Waals surface area (Å²) in [5.41, 5.74) is 2.35. The van der Waals surface area contributed by atoms with Gasteiger partial charge in [-0.05, 0) is 49.2 Å². The lowest BCUT2D eigenvalue weighted by Crippen LogP contribution is -2.27. The molecule has 106 valence electrons. The van der Waals surface area contributed by atoms with Gasteiger partial charge < -0.3 is 0 Å². The van der Waals surface area contributed by atoms with Gasteiger partial charge >= 0.3 is 0 Å². The fourth-order valence-electron chi connectivity index (χ4n) is 2.74. The Morgan fingerprint density at radius 1 is 1.10 bits per heavy atom. The zero-order chi connectivity index (χ0) is 14.5. The summed E-state index contributed by atoms with van der Waals surface area (Å²) in [6.07, 6.45) is 2.37. The molecule has 0 bridgehead atoms. The summed E-state index contributed by atoms with van der Waals surface area (Å²) in [5, 5.41) is 0.804. The highest BCUT2D eigenvalue weighted by Crippen LogP contribution is 2.21. The Kier molecular flexibility index (Phi) is 4.60. The van der Waals surface area contributed by atoms with Crippen LogP contribution >= 0.6 is 11.6 Å². The van der Waals surface area contributed by atoms with Crippen molar-refractivity contribution in [3.05, 3.63) is 70.7 Å². The van der Waals surface area contributed by atoms with Crippen molar-refractivity contribution in [2.24, 2.45) is 0 Å². The first-order valence-electron chi connectivity index (χ1n) is 7.36. The van der Waals surface area contributed by atoms with Gasteiger partial charge in [-0.2, -0.15) is 0 Å². The third-order valence-corrected chi connectivity index (χ3v) is 4.03. The molecule has 1 fully saturated rings. The van der Waals surface area contributed by atoms with E-state index >= 15 is 0 Å². The second kappa shape index (κ2) is 6.80. The van der Waals surface area contributed by atoms with E-state index in [1.54, 1.807) is 0 Å². The first kappa shape index (κ1) is 14.2. The molecule has 0 amide bonds. The monoisotopic (exact) mass is 295 g/mol. The molecular formula is C19H18ClN. The van der Waals surface area contributed by atoms with Crippen LogP contribution < -0.4 is 0 Å². The van der Waals surface area contributed by atoms with Crippen molar-refractivity contribution < 1.29 is 0 Å². The molecular weight excluding hydrogens is 278 g/mol. The minimum Gasteiger partial charge on any atom is -0.285 e. The minimum absolute atomic E-state index is 0.351. The minimum atomic E-state index is 0.351. The molecule has 1 aliphatic heterocycles. The van der Waals surface area contributed by atoms with Crippen molar-refractivity contribution in [2.75, 3.05) is 6.54 Å². The van der Waals surface area contributed by atoms with Gasteiger partial charge in [-0.25, -0.2) is 0 Å². The highest BCUT2D eigenvalue weighted by molar-refractivity contribution is 6.30. The number of benzene rings is 2. The number of hydrogen-bond acceptors (Lipinski definition) is 1. The molecule has 1 atom stereocenters. The molecule has 3 rings (SSSR count). The first-order chi connectivity index (χ1) is 10.3. The third kappa shape index (κ3) is 3.88. The van der Waals surface area contributed by atoms with E-state index in [1.165, 1.54) is 12.0 Å². The lowest BCUT2D eigenvalue weighted by atomic mass is 10.1. The van der Waals surface area contributed by atoms with E-state index in [9.17, 15) is 0 Å². The highest BCUT2D eigenvalue weighted by atomic mass is 35.5. The molecule has 0 aliphatic carbocycles. The standard InChI is InChI=1S/C19H18ClN/c20-18-9-4-8-17(14-18)15-21-13-5-10-19(21)12-11-16-6-2-1-3-7-16/h1-4,6-9,14,19H,5,10,13,15H2/t19-/m0/s1. The van der Waals surface area contributed by atoms with Gasteiger partial charge in [0.05, 0.1) is 6.04 Å². The molecule has 1 nitrogen and oxygen atoms in total. The molecule has 1 saturated heterocycles. The second-order valence-electron chi connectivity index (χ2n) is 5.39. The molecule has 2 aromatic carbocycles. The molecule has 0 radical (unpaired) electrons. The molecule has 2 aromatic rings. The Balaban J connectivity index is 1.70. The van der Waals surface area contributed by atoms with Crippen LogP contribution in [0.1, 0.15) is 24.0 Å². The van der Waals surface area contributed by atoms with E-state index in [0.29, 0.717) is 6.04 Å². The van der Waals surface area contributed by atoms with Crippen molar-refractivity contribution >= 4 is 11.6 Å². The van der Waals surface area contributed by atoms with E-state index in [2.05, 4.69) is 34.9 Å². The Hall–Kier alpha value is -1.75. The maximum atomic E-state index is 6.06. The largest absolute Gasteiger partial charge is 0.285 e. The van der Waals surface area contributed by atoms with Crippen LogP contribution in [0.3, 0.4) is 0 Å². The molecule has 1 heterocycles. The summed E-state index contributed by atoms with van der Waals surface area (Å²) >= 11 is 6.06. The topological polar surface area (TPSA) is 3.24 Å². The van der Waals surface area contributed by atoms with Crippen molar-refractivity contribution in [1.82, 2.24) is 4.90 Å². The predicted molar refractivity (Wildman–Crippen MR) is 88.2 cm³/mol. The van der Waals surface area contributed by atoms with E-state index in [4.69, 9.17) is 11.6 Å². The Morgan fingerprint density at radius 2 is 1.95 bits per heavy atom. The van der Waals surface area contributed by atoms with Crippen LogP contribution in [0.4, 0.5) is 0 Å². The van der Waals surface area contributed by atoms with E-state index in [-0.39, 0.29) is 0 Å². The summed E-state index contributed by atoms with van der Waals surface area (Å²) in [6, 6.07) is 18.7. The molecule has 0 saturated carbocycles. The first-order valence-corrected chi connectivity index (χ1v) is 7.74. The number of halogens is 1. The zero-order valence-electron chi connectivity index (χ0n) is 11.9. The fourth-order valence-corrected chi connectivity index (χ4v) is 2.95. The van der Waals surface area contributed by atoms with Crippen LogP contribution in [0, 0.1) is 11.8 Å². The molecule has 0 spiro atoms. The third-order valence-electron chi connectivity index (χ3n) is 3.80. The lowest BCUT2D eigenvalue weighted by molar-refractivity contribution is 0.288. The summed E-state index contributed by atoms with van der Waals surface area (Å²) in [6.45, 7) is 2.04. The second-order valence-corrected chi connectivity index (χ2v) is 5.83. The quantitative estimate of drug-likeness (QED) is 0.744. The van der Waals surface area contributed by atoms with Crippen molar-refractivity contribution in [2.45, 2.75) is 25.4 Å².